The SMILES string of the molecule is CCN(Cc1nc2ccccc2c(=O)[nH]1)C(=O)c1oc2c(Cl)cccc2c1C. The molecule has 1 N–H and O–H groups in total. The number of aromatic nitrogens is 2. The van der Waals surface area contributed by atoms with Crippen molar-refractivity contribution in [3.63, 3.8) is 0 Å². The molecule has 0 aliphatic rings. The lowest BCUT2D eigenvalue weighted by Gasteiger charge is -2.19. The summed E-state index contributed by atoms with van der Waals surface area (Å²) >= 11 is 6.19. The lowest BCUT2D eigenvalue weighted by Crippen LogP contribution is -2.32. The van der Waals surface area contributed by atoms with Crippen molar-refractivity contribution in [2.75, 3.05) is 6.54 Å². The Kier molecular flexibility index (Phi) is 4.65. The van der Waals surface area contributed by atoms with Crippen molar-refractivity contribution < 1.29 is 9.21 Å². The van der Waals surface area contributed by atoms with Crippen LogP contribution in [0.1, 0.15) is 28.9 Å². The van der Waals surface area contributed by atoms with Crippen LogP contribution in [0.5, 0.6) is 0 Å². The predicted octanol–water partition coefficient (Wildman–Crippen LogP) is 4.29. The molecule has 0 aliphatic heterocycles. The molecule has 28 heavy (non-hydrogen) atoms. The zero-order valence-corrected chi connectivity index (χ0v) is 16.2. The molecule has 0 saturated heterocycles. The Morgan fingerprint density at radius 3 is 2.68 bits per heavy atom. The number of carbonyl (C=O) groups is 1. The third kappa shape index (κ3) is 3.05. The van der Waals surface area contributed by atoms with E-state index in [1.54, 1.807) is 29.2 Å². The first-order chi connectivity index (χ1) is 13.5. The van der Waals surface area contributed by atoms with Crippen LogP contribution in [0.4, 0.5) is 0 Å². The molecule has 2 aromatic heterocycles. The van der Waals surface area contributed by atoms with E-state index in [0.717, 1.165) is 10.9 Å². The molecule has 0 saturated carbocycles. The molecule has 0 radical (unpaired) electrons. The van der Waals surface area contributed by atoms with Gasteiger partial charge in [0.25, 0.3) is 11.5 Å². The van der Waals surface area contributed by atoms with Gasteiger partial charge in [-0.2, -0.15) is 0 Å². The summed E-state index contributed by atoms with van der Waals surface area (Å²) in [4.78, 5) is 34.2. The number of benzene rings is 2. The van der Waals surface area contributed by atoms with Gasteiger partial charge in [-0.25, -0.2) is 4.98 Å². The number of nitrogens with one attached hydrogen (secondary N) is 1. The van der Waals surface area contributed by atoms with Crippen LogP contribution in [0, 0.1) is 6.92 Å². The van der Waals surface area contributed by atoms with E-state index in [1.165, 1.54) is 0 Å². The number of para-hydroxylation sites is 2. The highest BCUT2D eigenvalue weighted by Gasteiger charge is 2.24. The lowest BCUT2D eigenvalue weighted by atomic mass is 10.1. The standard InChI is InChI=1S/C21H18ClN3O3/c1-3-25(11-17-23-16-10-5-4-7-14(16)20(26)24-17)21(27)18-12(2)13-8-6-9-15(22)19(13)28-18/h4-10H,3,11H2,1-2H3,(H,23,24,26). The Morgan fingerprint density at radius 1 is 1.18 bits per heavy atom. The van der Waals surface area contributed by atoms with E-state index in [-0.39, 0.29) is 23.8 Å². The number of fused-ring (bicyclic) bond motifs is 2. The molecule has 1 amide bonds. The number of H-pyrrole nitrogens is 1. The van der Waals surface area contributed by atoms with Gasteiger partial charge in [0.1, 0.15) is 5.82 Å². The van der Waals surface area contributed by atoms with Gasteiger partial charge in [-0.15, -0.1) is 0 Å². The normalized spacial score (nSPS) is 11.2. The summed E-state index contributed by atoms with van der Waals surface area (Å²) in [6.45, 7) is 4.29. The fourth-order valence-corrected chi connectivity index (χ4v) is 3.49. The number of hydrogen-bond acceptors (Lipinski definition) is 4. The molecule has 4 rings (SSSR count). The van der Waals surface area contributed by atoms with Crippen LogP contribution >= 0.6 is 11.6 Å². The van der Waals surface area contributed by atoms with Gasteiger partial charge in [-0.05, 0) is 32.0 Å². The summed E-state index contributed by atoms with van der Waals surface area (Å²) in [5, 5.41) is 1.79. The third-order valence-corrected chi connectivity index (χ3v) is 5.08. The number of rotatable bonds is 4. The van der Waals surface area contributed by atoms with Crippen molar-refractivity contribution in [1.29, 1.82) is 0 Å². The van der Waals surface area contributed by atoms with Gasteiger partial charge >= 0.3 is 0 Å². The molecule has 7 heteroatoms. The van der Waals surface area contributed by atoms with Crippen LogP contribution in [0.15, 0.2) is 51.7 Å². The van der Waals surface area contributed by atoms with E-state index in [2.05, 4.69) is 9.97 Å². The smallest absolute Gasteiger partial charge is 0.290 e. The van der Waals surface area contributed by atoms with Gasteiger partial charge in [-0.1, -0.05) is 35.9 Å². The van der Waals surface area contributed by atoms with Gasteiger partial charge in [0.05, 0.1) is 22.5 Å². The molecule has 2 aromatic carbocycles. The number of aromatic amines is 1. The minimum absolute atomic E-state index is 0.166. The molecule has 0 unspecified atom stereocenters. The van der Waals surface area contributed by atoms with E-state index < -0.39 is 0 Å². The maximum Gasteiger partial charge on any atom is 0.290 e. The predicted molar refractivity (Wildman–Crippen MR) is 109 cm³/mol. The van der Waals surface area contributed by atoms with Crippen LogP contribution in [-0.2, 0) is 6.54 Å². The topological polar surface area (TPSA) is 79.2 Å². The number of nitrogens with zero attached hydrogens (tertiary/aromatic N) is 2. The van der Waals surface area contributed by atoms with Crippen molar-refractivity contribution in [2.45, 2.75) is 20.4 Å². The van der Waals surface area contributed by atoms with Gasteiger partial charge in [0, 0.05) is 17.5 Å². The summed E-state index contributed by atoms with van der Waals surface area (Å²) in [5.41, 5.74) is 1.60. The number of halogens is 1. The third-order valence-electron chi connectivity index (χ3n) is 4.78. The zero-order valence-electron chi connectivity index (χ0n) is 15.5. The quantitative estimate of drug-likeness (QED) is 0.559. The van der Waals surface area contributed by atoms with Crippen molar-refractivity contribution in [3.05, 3.63) is 75.0 Å². The Hall–Kier alpha value is -3.12. The molecule has 0 aliphatic carbocycles. The van der Waals surface area contributed by atoms with Crippen molar-refractivity contribution in [3.8, 4) is 0 Å². The Labute approximate surface area is 165 Å². The summed E-state index contributed by atoms with van der Waals surface area (Å²) in [5.74, 6) is 0.391. The van der Waals surface area contributed by atoms with Gasteiger partial charge in [0.15, 0.2) is 11.3 Å². The van der Waals surface area contributed by atoms with Crippen molar-refractivity contribution in [1.82, 2.24) is 14.9 Å². The molecular formula is C21H18ClN3O3. The van der Waals surface area contributed by atoms with Crippen LogP contribution in [-0.4, -0.2) is 27.3 Å². The fourth-order valence-electron chi connectivity index (χ4n) is 3.27. The van der Waals surface area contributed by atoms with E-state index in [0.29, 0.717) is 33.9 Å². The summed E-state index contributed by atoms with van der Waals surface area (Å²) in [6, 6.07) is 12.5. The highest BCUT2D eigenvalue weighted by molar-refractivity contribution is 6.35. The first-order valence-corrected chi connectivity index (χ1v) is 9.32. The van der Waals surface area contributed by atoms with Gasteiger partial charge < -0.3 is 14.3 Å². The monoisotopic (exact) mass is 395 g/mol. The molecular weight excluding hydrogens is 378 g/mol. The molecule has 0 fully saturated rings. The highest BCUT2D eigenvalue weighted by atomic mass is 35.5. The average molecular weight is 396 g/mol. The Morgan fingerprint density at radius 2 is 1.93 bits per heavy atom. The number of carbonyl (C=O) groups excluding carboxylic acids is 1. The summed E-state index contributed by atoms with van der Waals surface area (Å²) in [7, 11) is 0. The van der Waals surface area contributed by atoms with Crippen molar-refractivity contribution in [2.24, 2.45) is 0 Å². The average Bonchev–Trinajstić information content (AvgIpc) is 3.04. The van der Waals surface area contributed by atoms with Crippen molar-refractivity contribution >= 4 is 39.4 Å². The second kappa shape index (κ2) is 7.13. The van der Waals surface area contributed by atoms with E-state index in [4.69, 9.17) is 16.0 Å². The second-order valence-corrected chi connectivity index (χ2v) is 6.93. The molecule has 142 valence electrons. The lowest BCUT2D eigenvalue weighted by molar-refractivity contribution is 0.0717. The largest absolute Gasteiger partial charge is 0.449 e. The zero-order chi connectivity index (χ0) is 19.8. The summed E-state index contributed by atoms with van der Waals surface area (Å²) in [6.07, 6.45) is 0. The number of hydrogen-bond donors (Lipinski definition) is 1. The van der Waals surface area contributed by atoms with Crippen LogP contribution in [0.3, 0.4) is 0 Å². The molecule has 0 atom stereocenters. The van der Waals surface area contributed by atoms with E-state index in [9.17, 15) is 9.59 Å². The molecule has 0 spiro atoms. The molecule has 6 nitrogen and oxygen atoms in total. The maximum absolute atomic E-state index is 13.1. The van der Waals surface area contributed by atoms with E-state index in [1.807, 2.05) is 32.0 Å². The van der Waals surface area contributed by atoms with Gasteiger partial charge in [-0.3, -0.25) is 9.59 Å². The first-order valence-electron chi connectivity index (χ1n) is 8.94. The Bertz CT molecular complexity index is 1260. The van der Waals surface area contributed by atoms with Crippen LogP contribution in [0.2, 0.25) is 5.02 Å². The molecule has 0 bridgehead atoms. The molecule has 2 heterocycles. The minimum atomic E-state index is -0.275. The first kappa shape index (κ1) is 18.3. The van der Waals surface area contributed by atoms with Crippen LogP contribution < -0.4 is 5.56 Å². The highest BCUT2D eigenvalue weighted by Crippen LogP contribution is 2.31. The van der Waals surface area contributed by atoms with Crippen LogP contribution in [0.25, 0.3) is 21.9 Å². The Balaban J connectivity index is 1.70. The molecule has 4 aromatic rings. The number of furan rings is 1. The second-order valence-electron chi connectivity index (χ2n) is 6.52. The van der Waals surface area contributed by atoms with Gasteiger partial charge in [0.2, 0.25) is 0 Å². The summed E-state index contributed by atoms with van der Waals surface area (Å²) < 4.78 is 5.79. The fraction of sp³-hybridized carbons (Fsp3) is 0.190. The van der Waals surface area contributed by atoms with E-state index >= 15 is 0 Å². The maximum atomic E-state index is 13.1. The minimum Gasteiger partial charge on any atom is -0.449 e. The number of aryl methyl sites for hydroxylation is 1. The number of amides is 1.